The average molecular weight is 344 g/mol. The van der Waals surface area contributed by atoms with Gasteiger partial charge in [-0.3, -0.25) is 9.20 Å². The third kappa shape index (κ3) is 3.08. The van der Waals surface area contributed by atoms with E-state index >= 15 is 0 Å². The Bertz CT molecular complexity index is 889. The standard InChI is InChI=1S/C18H18ClN3O2/c1-3-6-14-17(22-11-12(19)9-10-16(22)20-14)18(23)21-13-7-4-5-8-15(13)24-2/h4-5,7-11H,3,6H2,1-2H3,(H,21,23). The number of aromatic nitrogens is 2. The molecular formula is C18H18ClN3O2. The van der Waals surface area contributed by atoms with E-state index < -0.39 is 0 Å². The van der Waals surface area contributed by atoms with Gasteiger partial charge in [0.15, 0.2) is 0 Å². The Morgan fingerprint density at radius 1 is 1.29 bits per heavy atom. The number of ether oxygens (including phenoxy) is 1. The zero-order chi connectivity index (χ0) is 17.1. The molecule has 0 aliphatic rings. The minimum absolute atomic E-state index is 0.238. The van der Waals surface area contributed by atoms with E-state index in [9.17, 15) is 4.79 Å². The third-order valence-corrected chi connectivity index (χ3v) is 3.94. The van der Waals surface area contributed by atoms with Crippen molar-refractivity contribution >= 4 is 28.8 Å². The molecule has 2 heterocycles. The Labute approximate surface area is 145 Å². The lowest BCUT2D eigenvalue weighted by Gasteiger charge is -2.10. The summed E-state index contributed by atoms with van der Waals surface area (Å²) in [6, 6.07) is 10.9. The number of nitrogens with one attached hydrogen (secondary N) is 1. The molecule has 0 bridgehead atoms. The number of carbonyl (C=O) groups excluding carboxylic acids is 1. The number of amides is 1. The fourth-order valence-electron chi connectivity index (χ4n) is 2.65. The molecule has 3 rings (SSSR count). The number of halogens is 1. The lowest BCUT2D eigenvalue weighted by Crippen LogP contribution is -2.17. The number of hydrogen-bond donors (Lipinski definition) is 1. The number of para-hydroxylation sites is 2. The third-order valence-electron chi connectivity index (χ3n) is 3.71. The number of hydrogen-bond acceptors (Lipinski definition) is 3. The van der Waals surface area contributed by atoms with Crippen LogP contribution in [0.25, 0.3) is 5.65 Å². The second-order valence-corrected chi connectivity index (χ2v) is 5.82. The van der Waals surface area contributed by atoms with Crippen LogP contribution in [0.3, 0.4) is 0 Å². The SMILES string of the molecule is CCCc1nc2ccc(Cl)cn2c1C(=O)Nc1ccccc1OC. The molecule has 1 aromatic carbocycles. The van der Waals surface area contributed by atoms with Gasteiger partial charge in [-0.25, -0.2) is 4.98 Å². The molecule has 0 saturated heterocycles. The zero-order valence-corrected chi connectivity index (χ0v) is 14.3. The van der Waals surface area contributed by atoms with Gasteiger partial charge in [0.1, 0.15) is 17.1 Å². The highest BCUT2D eigenvalue weighted by Crippen LogP contribution is 2.25. The maximum Gasteiger partial charge on any atom is 0.274 e. The van der Waals surface area contributed by atoms with E-state index in [1.54, 1.807) is 42.0 Å². The number of rotatable bonds is 5. The normalized spacial score (nSPS) is 10.8. The summed E-state index contributed by atoms with van der Waals surface area (Å²) in [5, 5.41) is 3.46. The van der Waals surface area contributed by atoms with E-state index in [1.807, 2.05) is 12.1 Å². The van der Waals surface area contributed by atoms with Gasteiger partial charge in [0.25, 0.3) is 5.91 Å². The summed E-state index contributed by atoms with van der Waals surface area (Å²) in [5.74, 6) is 0.368. The molecule has 0 saturated carbocycles. The van der Waals surface area contributed by atoms with Gasteiger partial charge in [0.2, 0.25) is 0 Å². The van der Waals surface area contributed by atoms with Crippen molar-refractivity contribution in [2.24, 2.45) is 0 Å². The van der Waals surface area contributed by atoms with E-state index in [-0.39, 0.29) is 5.91 Å². The molecule has 5 nitrogen and oxygen atoms in total. The molecule has 24 heavy (non-hydrogen) atoms. The quantitative estimate of drug-likeness (QED) is 0.755. The first-order valence-corrected chi connectivity index (χ1v) is 8.12. The van der Waals surface area contributed by atoms with Crippen LogP contribution in [0.5, 0.6) is 5.75 Å². The molecule has 124 valence electrons. The number of aryl methyl sites for hydroxylation is 1. The maximum atomic E-state index is 12.9. The Balaban J connectivity index is 2.05. The number of pyridine rings is 1. The van der Waals surface area contributed by atoms with Crippen LogP contribution in [0.4, 0.5) is 5.69 Å². The van der Waals surface area contributed by atoms with Crippen molar-refractivity contribution in [3.8, 4) is 5.75 Å². The fourth-order valence-corrected chi connectivity index (χ4v) is 2.81. The van der Waals surface area contributed by atoms with Gasteiger partial charge in [-0.15, -0.1) is 0 Å². The molecular weight excluding hydrogens is 326 g/mol. The molecule has 6 heteroatoms. The van der Waals surface area contributed by atoms with Gasteiger partial charge in [0, 0.05) is 6.20 Å². The number of nitrogens with zero attached hydrogens (tertiary/aromatic N) is 2. The van der Waals surface area contributed by atoms with E-state index in [4.69, 9.17) is 16.3 Å². The predicted octanol–water partition coefficient (Wildman–Crippen LogP) is 4.20. The van der Waals surface area contributed by atoms with E-state index in [0.29, 0.717) is 34.2 Å². The molecule has 0 fully saturated rings. The van der Waals surface area contributed by atoms with Gasteiger partial charge in [-0.2, -0.15) is 0 Å². The summed E-state index contributed by atoms with van der Waals surface area (Å²) >= 11 is 6.09. The molecule has 2 aromatic heterocycles. The highest BCUT2D eigenvalue weighted by atomic mass is 35.5. The van der Waals surface area contributed by atoms with Gasteiger partial charge in [-0.05, 0) is 30.7 Å². The van der Waals surface area contributed by atoms with Crippen LogP contribution in [0.15, 0.2) is 42.6 Å². The minimum Gasteiger partial charge on any atom is -0.495 e. The minimum atomic E-state index is -0.238. The Morgan fingerprint density at radius 2 is 2.08 bits per heavy atom. The summed E-state index contributed by atoms with van der Waals surface area (Å²) in [4.78, 5) is 17.5. The van der Waals surface area contributed by atoms with Crippen molar-refractivity contribution < 1.29 is 9.53 Å². The van der Waals surface area contributed by atoms with Gasteiger partial charge in [-0.1, -0.05) is 37.1 Å². The lowest BCUT2D eigenvalue weighted by atomic mass is 10.2. The molecule has 3 aromatic rings. The van der Waals surface area contributed by atoms with Crippen molar-refractivity contribution in [1.29, 1.82) is 0 Å². The molecule has 0 aliphatic carbocycles. The summed E-state index contributed by atoms with van der Waals surface area (Å²) in [5.41, 5.74) is 2.57. The fraction of sp³-hybridized carbons (Fsp3) is 0.222. The van der Waals surface area contributed by atoms with Gasteiger partial charge < -0.3 is 10.1 Å². The van der Waals surface area contributed by atoms with Crippen LogP contribution < -0.4 is 10.1 Å². The van der Waals surface area contributed by atoms with Crippen molar-refractivity contribution in [2.75, 3.05) is 12.4 Å². The summed E-state index contributed by atoms with van der Waals surface area (Å²) < 4.78 is 7.02. The second kappa shape index (κ2) is 6.93. The number of fused-ring (bicyclic) bond motifs is 1. The summed E-state index contributed by atoms with van der Waals surface area (Å²) in [7, 11) is 1.57. The molecule has 0 aliphatic heterocycles. The first kappa shape index (κ1) is 16.3. The Hall–Kier alpha value is -2.53. The van der Waals surface area contributed by atoms with Crippen molar-refractivity contribution in [2.45, 2.75) is 19.8 Å². The van der Waals surface area contributed by atoms with Crippen LogP contribution in [-0.2, 0) is 6.42 Å². The van der Waals surface area contributed by atoms with E-state index in [2.05, 4.69) is 17.2 Å². The van der Waals surface area contributed by atoms with Crippen LogP contribution in [0, 0.1) is 0 Å². The molecule has 0 unspecified atom stereocenters. The number of methoxy groups -OCH3 is 1. The highest BCUT2D eigenvalue weighted by Gasteiger charge is 2.20. The van der Waals surface area contributed by atoms with E-state index in [0.717, 1.165) is 12.1 Å². The Kier molecular flexibility index (Phi) is 4.71. The van der Waals surface area contributed by atoms with Crippen molar-refractivity contribution in [3.63, 3.8) is 0 Å². The van der Waals surface area contributed by atoms with Gasteiger partial charge in [0.05, 0.1) is 23.5 Å². The molecule has 0 atom stereocenters. The molecule has 0 radical (unpaired) electrons. The zero-order valence-electron chi connectivity index (χ0n) is 13.5. The van der Waals surface area contributed by atoms with Crippen molar-refractivity contribution in [1.82, 2.24) is 9.38 Å². The summed E-state index contributed by atoms with van der Waals surface area (Å²) in [6.07, 6.45) is 3.32. The van der Waals surface area contributed by atoms with Crippen LogP contribution in [0.2, 0.25) is 5.02 Å². The molecule has 1 amide bonds. The average Bonchev–Trinajstić information content (AvgIpc) is 2.93. The smallest absolute Gasteiger partial charge is 0.274 e. The Morgan fingerprint density at radius 3 is 2.83 bits per heavy atom. The number of anilines is 1. The van der Waals surface area contributed by atoms with Crippen molar-refractivity contribution in [3.05, 3.63) is 59.0 Å². The first-order valence-electron chi connectivity index (χ1n) is 7.75. The van der Waals surface area contributed by atoms with Crippen LogP contribution >= 0.6 is 11.6 Å². The van der Waals surface area contributed by atoms with Crippen LogP contribution in [0.1, 0.15) is 29.5 Å². The number of imidazole rings is 1. The highest BCUT2D eigenvalue weighted by molar-refractivity contribution is 6.30. The molecule has 0 spiro atoms. The predicted molar refractivity (Wildman–Crippen MR) is 95.1 cm³/mol. The lowest BCUT2D eigenvalue weighted by molar-refractivity contribution is 0.102. The maximum absolute atomic E-state index is 12.9. The van der Waals surface area contributed by atoms with E-state index in [1.165, 1.54) is 0 Å². The topological polar surface area (TPSA) is 55.6 Å². The summed E-state index contributed by atoms with van der Waals surface area (Å²) in [6.45, 7) is 2.05. The number of benzene rings is 1. The molecule has 1 N–H and O–H groups in total. The first-order chi connectivity index (χ1) is 11.6. The monoisotopic (exact) mass is 343 g/mol. The van der Waals surface area contributed by atoms with Crippen LogP contribution in [-0.4, -0.2) is 22.4 Å². The van der Waals surface area contributed by atoms with Gasteiger partial charge >= 0.3 is 0 Å². The largest absolute Gasteiger partial charge is 0.495 e. The number of carbonyl (C=O) groups is 1. The second-order valence-electron chi connectivity index (χ2n) is 5.39.